The Balaban J connectivity index is 2.17. The summed E-state index contributed by atoms with van der Waals surface area (Å²) in [6.45, 7) is 4.34. The van der Waals surface area contributed by atoms with E-state index in [4.69, 9.17) is 0 Å². The summed E-state index contributed by atoms with van der Waals surface area (Å²) < 4.78 is 39.0. The van der Waals surface area contributed by atoms with Crippen molar-refractivity contribution in [3.05, 3.63) is 47.0 Å². The van der Waals surface area contributed by atoms with Crippen LogP contribution in [0, 0.1) is 6.92 Å². The molecule has 0 aromatic carbocycles. The van der Waals surface area contributed by atoms with E-state index in [1.807, 2.05) is 13.8 Å². The zero-order valence-corrected chi connectivity index (χ0v) is 11.6. The largest absolute Gasteiger partial charge is 0.417 e. The first-order valence-corrected chi connectivity index (χ1v) is 6.41. The van der Waals surface area contributed by atoms with Gasteiger partial charge < -0.3 is 0 Å². The molecule has 0 amide bonds. The first kappa shape index (κ1) is 15.2. The van der Waals surface area contributed by atoms with Crippen LogP contribution in [0.3, 0.4) is 0 Å². The number of rotatable bonds is 4. The van der Waals surface area contributed by atoms with Crippen LogP contribution in [0.4, 0.5) is 13.2 Å². The Morgan fingerprint density at radius 3 is 2.57 bits per heavy atom. The Morgan fingerprint density at radius 1 is 1.33 bits per heavy atom. The smallest absolute Gasteiger partial charge is 0.292 e. The SMILES string of the molecule is CCn1nc(C)cc1CC(=O)c1ccc(C(F)(F)F)cn1. The van der Waals surface area contributed by atoms with Crippen LogP contribution in [0.1, 0.15) is 34.4 Å². The molecule has 0 aliphatic carbocycles. The fourth-order valence-corrected chi connectivity index (χ4v) is 2.00. The molecule has 0 saturated carbocycles. The van der Waals surface area contributed by atoms with Crippen LogP contribution in [-0.2, 0) is 19.1 Å². The first-order valence-electron chi connectivity index (χ1n) is 6.41. The lowest BCUT2D eigenvalue weighted by Gasteiger charge is -2.07. The highest BCUT2D eigenvalue weighted by molar-refractivity contribution is 5.95. The van der Waals surface area contributed by atoms with E-state index < -0.39 is 11.7 Å². The lowest BCUT2D eigenvalue weighted by Crippen LogP contribution is -2.12. The van der Waals surface area contributed by atoms with Crippen molar-refractivity contribution < 1.29 is 18.0 Å². The van der Waals surface area contributed by atoms with E-state index in [0.717, 1.165) is 23.5 Å². The second kappa shape index (κ2) is 5.67. The van der Waals surface area contributed by atoms with Gasteiger partial charge in [0.25, 0.3) is 0 Å². The van der Waals surface area contributed by atoms with Crippen LogP contribution in [0.15, 0.2) is 24.4 Å². The van der Waals surface area contributed by atoms with Crippen molar-refractivity contribution in [3.8, 4) is 0 Å². The molecule has 2 rings (SSSR count). The number of pyridine rings is 1. The molecule has 0 saturated heterocycles. The average Bonchev–Trinajstić information content (AvgIpc) is 2.78. The van der Waals surface area contributed by atoms with Gasteiger partial charge in [-0.25, -0.2) is 0 Å². The second-order valence-corrected chi connectivity index (χ2v) is 4.62. The number of alkyl halides is 3. The lowest BCUT2D eigenvalue weighted by atomic mass is 10.1. The van der Waals surface area contributed by atoms with E-state index in [9.17, 15) is 18.0 Å². The highest BCUT2D eigenvalue weighted by Crippen LogP contribution is 2.28. The molecule has 0 radical (unpaired) electrons. The monoisotopic (exact) mass is 297 g/mol. The summed E-state index contributed by atoms with van der Waals surface area (Å²) in [5.74, 6) is -0.335. The topological polar surface area (TPSA) is 47.8 Å². The maximum Gasteiger partial charge on any atom is 0.417 e. The van der Waals surface area contributed by atoms with Crippen molar-refractivity contribution in [2.75, 3.05) is 0 Å². The Labute approximate surface area is 119 Å². The van der Waals surface area contributed by atoms with Crippen molar-refractivity contribution in [2.45, 2.75) is 33.0 Å². The number of aryl methyl sites for hydroxylation is 2. The molecule has 0 bridgehead atoms. The molecule has 0 atom stereocenters. The molecule has 0 fully saturated rings. The minimum Gasteiger partial charge on any atom is -0.292 e. The van der Waals surface area contributed by atoms with Crippen LogP contribution in [-0.4, -0.2) is 20.5 Å². The van der Waals surface area contributed by atoms with E-state index >= 15 is 0 Å². The van der Waals surface area contributed by atoms with Crippen molar-refractivity contribution in [1.82, 2.24) is 14.8 Å². The Bertz CT molecular complexity index is 644. The summed E-state index contributed by atoms with van der Waals surface area (Å²) in [6, 6.07) is 3.75. The van der Waals surface area contributed by atoms with E-state index in [0.29, 0.717) is 12.7 Å². The zero-order chi connectivity index (χ0) is 15.6. The summed E-state index contributed by atoms with van der Waals surface area (Å²) in [5, 5.41) is 4.22. The fourth-order valence-electron chi connectivity index (χ4n) is 2.00. The second-order valence-electron chi connectivity index (χ2n) is 4.62. The van der Waals surface area contributed by atoms with Gasteiger partial charge in [-0.3, -0.25) is 14.5 Å². The van der Waals surface area contributed by atoms with Crippen molar-refractivity contribution in [2.24, 2.45) is 0 Å². The third kappa shape index (κ3) is 3.48. The van der Waals surface area contributed by atoms with Gasteiger partial charge in [0.2, 0.25) is 0 Å². The van der Waals surface area contributed by atoms with Crippen molar-refractivity contribution >= 4 is 5.78 Å². The molecule has 2 heterocycles. The summed E-state index contributed by atoms with van der Waals surface area (Å²) in [4.78, 5) is 15.7. The van der Waals surface area contributed by atoms with Crippen LogP contribution in [0.5, 0.6) is 0 Å². The molecule has 2 aromatic heterocycles. The van der Waals surface area contributed by atoms with Gasteiger partial charge in [-0.1, -0.05) is 0 Å². The normalized spacial score (nSPS) is 11.7. The Hall–Kier alpha value is -2.18. The van der Waals surface area contributed by atoms with Gasteiger partial charge in [0.15, 0.2) is 5.78 Å². The number of ketones is 1. The molecule has 4 nitrogen and oxygen atoms in total. The molecule has 0 aliphatic rings. The predicted molar refractivity (Wildman–Crippen MR) is 69.9 cm³/mol. The summed E-state index contributed by atoms with van der Waals surface area (Å²) in [7, 11) is 0. The summed E-state index contributed by atoms with van der Waals surface area (Å²) in [5.41, 5.74) is 0.666. The maximum atomic E-state index is 12.4. The molecule has 0 unspecified atom stereocenters. The van der Waals surface area contributed by atoms with Gasteiger partial charge in [0, 0.05) is 18.4 Å². The van der Waals surface area contributed by atoms with E-state index in [-0.39, 0.29) is 17.9 Å². The predicted octanol–water partition coefficient (Wildman–Crippen LogP) is 3.05. The maximum absolute atomic E-state index is 12.4. The van der Waals surface area contributed by atoms with Gasteiger partial charge in [-0.2, -0.15) is 18.3 Å². The molecular formula is C14H14F3N3O. The third-order valence-corrected chi connectivity index (χ3v) is 3.00. The standard InChI is InChI=1S/C14H14F3N3O/c1-3-20-11(6-9(2)19-20)7-13(21)12-5-4-10(8-18-12)14(15,16)17/h4-6,8H,3,7H2,1-2H3. The minimum atomic E-state index is -4.45. The number of hydrogen-bond acceptors (Lipinski definition) is 3. The van der Waals surface area contributed by atoms with Gasteiger partial charge in [-0.15, -0.1) is 0 Å². The van der Waals surface area contributed by atoms with E-state index in [2.05, 4.69) is 10.1 Å². The van der Waals surface area contributed by atoms with Gasteiger partial charge >= 0.3 is 6.18 Å². The third-order valence-electron chi connectivity index (χ3n) is 3.00. The Morgan fingerprint density at radius 2 is 2.05 bits per heavy atom. The highest BCUT2D eigenvalue weighted by atomic mass is 19.4. The summed E-state index contributed by atoms with van der Waals surface area (Å²) >= 11 is 0. The lowest BCUT2D eigenvalue weighted by molar-refractivity contribution is -0.137. The average molecular weight is 297 g/mol. The van der Waals surface area contributed by atoms with Crippen LogP contribution in [0.25, 0.3) is 0 Å². The number of Topliss-reactive ketones (excluding diaryl/α,β-unsaturated/α-hetero) is 1. The van der Waals surface area contributed by atoms with Crippen molar-refractivity contribution in [1.29, 1.82) is 0 Å². The fraction of sp³-hybridized carbons (Fsp3) is 0.357. The number of carbonyl (C=O) groups is 1. The molecule has 7 heteroatoms. The number of aromatic nitrogens is 3. The number of halogens is 3. The number of carbonyl (C=O) groups excluding carboxylic acids is 1. The molecular weight excluding hydrogens is 283 g/mol. The molecule has 112 valence electrons. The van der Waals surface area contributed by atoms with Gasteiger partial charge in [-0.05, 0) is 32.0 Å². The molecule has 0 aliphatic heterocycles. The van der Waals surface area contributed by atoms with Crippen molar-refractivity contribution in [3.63, 3.8) is 0 Å². The van der Waals surface area contributed by atoms with Gasteiger partial charge in [0.1, 0.15) is 5.69 Å². The van der Waals surface area contributed by atoms with Crippen LogP contribution in [0.2, 0.25) is 0 Å². The first-order chi connectivity index (χ1) is 9.81. The van der Waals surface area contributed by atoms with Crippen LogP contribution >= 0.6 is 0 Å². The molecule has 21 heavy (non-hydrogen) atoms. The van der Waals surface area contributed by atoms with E-state index in [1.54, 1.807) is 10.7 Å². The molecule has 0 spiro atoms. The summed E-state index contributed by atoms with van der Waals surface area (Å²) in [6.07, 6.45) is -3.71. The Kier molecular flexibility index (Phi) is 4.11. The van der Waals surface area contributed by atoms with E-state index in [1.165, 1.54) is 0 Å². The molecule has 0 N–H and O–H groups in total. The zero-order valence-electron chi connectivity index (χ0n) is 11.6. The van der Waals surface area contributed by atoms with Crippen LogP contribution < -0.4 is 0 Å². The number of hydrogen-bond donors (Lipinski definition) is 0. The minimum absolute atomic E-state index is 0.0181. The highest BCUT2D eigenvalue weighted by Gasteiger charge is 2.30. The molecule has 2 aromatic rings. The number of nitrogens with zero attached hydrogens (tertiary/aromatic N) is 3. The quantitative estimate of drug-likeness (QED) is 0.815. The van der Waals surface area contributed by atoms with Gasteiger partial charge in [0.05, 0.1) is 17.7 Å².